The maximum absolute atomic E-state index is 12.8. The van der Waals surface area contributed by atoms with Crippen molar-refractivity contribution >= 4 is 17.6 Å². The van der Waals surface area contributed by atoms with Gasteiger partial charge in [-0.25, -0.2) is 9.18 Å². The van der Waals surface area contributed by atoms with Gasteiger partial charge in [-0.1, -0.05) is 30.3 Å². The highest BCUT2D eigenvalue weighted by molar-refractivity contribution is 5.89. The van der Waals surface area contributed by atoms with Crippen LogP contribution in [0.1, 0.15) is 12.0 Å². The van der Waals surface area contributed by atoms with Gasteiger partial charge in [0, 0.05) is 37.7 Å². The number of carbonyl (C=O) groups excluding carboxylic acids is 2. The molecule has 1 unspecified atom stereocenters. The van der Waals surface area contributed by atoms with Crippen molar-refractivity contribution in [3.8, 4) is 0 Å². The van der Waals surface area contributed by atoms with Crippen molar-refractivity contribution in [2.75, 3.05) is 18.4 Å². The number of amides is 3. The van der Waals surface area contributed by atoms with Gasteiger partial charge in [0.25, 0.3) is 0 Å². The Balaban J connectivity index is 1.45. The average Bonchev–Trinajstić information content (AvgIpc) is 2.96. The normalized spacial score (nSPS) is 16.8. The van der Waals surface area contributed by atoms with Gasteiger partial charge in [0.05, 0.1) is 0 Å². The van der Waals surface area contributed by atoms with E-state index in [1.54, 1.807) is 0 Å². The highest BCUT2D eigenvalue weighted by Gasteiger charge is 2.29. The van der Waals surface area contributed by atoms with Crippen molar-refractivity contribution in [2.24, 2.45) is 5.92 Å². The summed E-state index contributed by atoms with van der Waals surface area (Å²) >= 11 is 0. The van der Waals surface area contributed by atoms with Crippen molar-refractivity contribution in [1.82, 2.24) is 10.2 Å². The van der Waals surface area contributed by atoms with Crippen LogP contribution in [0.4, 0.5) is 14.9 Å². The van der Waals surface area contributed by atoms with Gasteiger partial charge in [0.15, 0.2) is 0 Å². The minimum absolute atomic E-state index is 0.0928. The number of hydrogen-bond donors (Lipinski definition) is 2. The van der Waals surface area contributed by atoms with E-state index in [0.717, 1.165) is 5.56 Å². The zero-order valence-corrected chi connectivity index (χ0v) is 13.7. The SMILES string of the molecule is O=C(NCC1CC(=O)N(Cc2ccccc2)C1)Nc1ccc(F)cc1. The van der Waals surface area contributed by atoms with Crippen LogP contribution in [-0.4, -0.2) is 29.9 Å². The monoisotopic (exact) mass is 341 g/mol. The number of anilines is 1. The van der Waals surface area contributed by atoms with E-state index in [2.05, 4.69) is 10.6 Å². The summed E-state index contributed by atoms with van der Waals surface area (Å²) in [5.41, 5.74) is 1.62. The quantitative estimate of drug-likeness (QED) is 0.878. The second-order valence-electron chi connectivity index (χ2n) is 6.17. The van der Waals surface area contributed by atoms with Crippen LogP contribution in [0.2, 0.25) is 0 Å². The summed E-state index contributed by atoms with van der Waals surface area (Å²) in [6.45, 7) is 1.65. The van der Waals surface area contributed by atoms with Gasteiger partial charge < -0.3 is 15.5 Å². The molecule has 2 aromatic carbocycles. The van der Waals surface area contributed by atoms with Gasteiger partial charge in [-0.15, -0.1) is 0 Å². The average molecular weight is 341 g/mol. The molecular formula is C19H20FN3O2. The Labute approximate surface area is 145 Å². The van der Waals surface area contributed by atoms with Crippen LogP contribution >= 0.6 is 0 Å². The molecule has 1 aliphatic rings. The molecule has 0 aliphatic carbocycles. The molecule has 0 aromatic heterocycles. The van der Waals surface area contributed by atoms with Crippen molar-refractivity contribution in [3.05, 3.63) is 66.0 Å². The Morgan fingerprint density at radius 2 is 1.84 bits per heavy atom. The molecule has 25 heavy (non-hydrogen) atoms. The summed E-state index contributed by atoms with van der Waals surface area (Å²) in [7, 11) is 0. The molecule has 0 radical (unpaired) electrons. The molecule has 3 amide bonds. The molecule has 1 atom stereocenters. The summed E-state index contributed by atoms with van der Waals surface area (Å²) in [6.07, 6.45) is 0.434. The van der Waals surface area contributed by atoms with E-state index < -0.39 is 0 Å². The standard InChI is InChI=1S/C19H20FN3O2/c20-16-6-8-17(9-7-16)22-19(25)21-11-15-10-18(24)23(13-15)12-14-4-2-1-3-5-14/h1-9,15H,10-13H2,(H2,21,22,25). The van der Waals surface area contributed by atoms with Gasteiger partial charge in [0.1, 0.15) is 5.82 Å². The first-order valence-corrected chi connectivity index (χ1v) is 8.22. The number of urea groups is 1. The van der Waals surface area contributed by atoms with Crippen LogP contribution in [0.25, 0.3) is 0 Å². The third kappa shape index (κ3) is 4.79. The van der Waals surface area contributed by atoms with E-state index in [9.17, 15) is 14.0 Å². The summed E-state index contributed by atoms with van der Waals surface area (Å²) in [5, 5.41) is 5.41. The highest BCUT2D eigenvalue weighted by atomic mass is 19.1. The van der Waals surface area contributed by atoms with E-state index >= 15 is 0 Å². The lowest BCUT2D eigenvalue weighted by molar-refractivity contribution is -0.128. The van der Waals surface area contributed by atoms with Crippen LogP contribution in [0.3, 0.4) is 0 Å². The zero-order valence-electron chi connectivity index (χ0n) is 13.7. The molecule has 1 saturated heterocycles. The van der Waals surface area contributed by atoms with Crippen molar-refractivity contribution < 1.29 is 14.0 Å². The number of nitrogens with one attached hydrogen (secondary N) is 2. The fourth-order valence-electron chi connectivity index (χ4n) is 2.89. The first kappa shape index (κ1) is 17.0. The van der Waals surface area contributed by atoms with Crippen molar-refractivity contribution in [1.29, 1.82) is 0 Å². The predicted molar refractivity (Wildman–Crippen MR) is 93.4 cm³/mol. The van der Waals surface area contributed by atoms with Gasteiger partial charge >= 0.3 is 6.03 Å². The van der Waals surface area contributed by atoms with Crippen LogP contribution in [0, 0.1) is 11.7 Å². The maximum Gasteiger partial charge on any atom is 0.319 e. The second-order valence-corrected chi connectivity index (χ2v) is 6.17. The number of likely N-dealkylation sites (tertiary alicyclic amines) is 1. The molecule has 5 nitrogen and oxygen atoms in total. The lowest BCUT2D eigenvalue weighted by atomic mass is 10.1. The molecule has 0 saturated carbocycles. The number of rotatable bonds is 5. The summed E-state index contributed by atoms with van der Waals surface area (Å²) in [6, 6.07) is 15.0. The third-order valence-electron chi connectivity index (χ3n) is 4.16. The number of nitrogens with zero attached hydrogens (tertiary/aromatic N) is 1. The number of hydrogen-bond acceptors (Lipinski definition) is 2. The minimum Gasteiger partial charge on any atom is -0.338 e. The first-order chi connectivity index (χ1) is 12.1. The van der Waals surface area contributed by atoms with E-state index in [-0.39, 0.29) is 23.7 Å². The molecule has 1 fully saturated rings. The van der Waals surface area contributed by atoms with Crippen molar-refractivity contribution in [3.63, 3.8) is 0 Å². The van der Waals surface area contributed by atoms with E-state index in [1.165, 1.54) is 24.3 Å². The Bertz CT molecular complexity index is 734. The van der Waals surface area contributed by atoms with Gasteiger partial charge in [-0.05, 0) is 29.8 Å². The van der Waals surface area contributed by atoms with Gasteiger partial charge in [-0.2, -0.15) is 0 Å². The van der Waals surface area contributed by atoms with E-state index in [1.807, 2.05) is 35.2 Å². The number of benzene rings is 2. The molecule has 0 bridgehead atoms. The third-order valence-corrected chi connectivity index (χ3v) is 4.16. The maximum atomic E-state index is 12.8. The predicted octanol–water partition coefficient (Wildman–Crippen LogP) is 3.00. The Hall–Kier alpha value is -2.89. The lowest BCUT2D eigenvalue weighted by Gasteiger charge is -2.17. The van der Waals surface area contributed by atoms with Crippen LogP contribution in [0.15, 0.2) is 54.6 Å². The molecule has 130 valence electrons. The molecule has 2 N–H and O–H groups in total. The molecule has 6 heteroatoms. The number of halogens is 1. The van der Waals surface area contributed by atoms with E-state index in [4.69, 9.17) is 0 Å². The summed E-state index contributed by atoms with van der Waals surface area (Å²) in [4.78, 5) is 25.8. The molecular weight excluding hydrogens is 321 g/mol. The minimum atomic E-state index is -0.361. The number of carbonyl (C=O) groups is 2. The zero-order chi connectivity index (χ0) is 17.6. The molecule has 1 heterocycles. The van der Waals surface area contributed by atoms with Crippen LogP contribution < -0.4 is 10.6 Å². The van der Waals surface area contributed by atoms with Crippen LogP contribution in [-0.2, 0) is 11.3 Å². The molecule has 0 spiro atoms. The first-order valence-electron chi connectivity index (χ1n) is 8.22. The van der Waals surface area contributed by atoms with Crippen LogP contribution in [0.5, 0.6) is 0 Å². The molecule has 1 aliphatic heterocycles. The fourth-order valence-corrected chi connectivity index (χ4v) is 2.89. The second kappa shape index (κ2) is 7.79. The molecule has 3 rings (SSSR count). The summed E-state index contributed by atoms with van der Waals surface area (Å²) < 4.78 is 12.8. The Morgan fingerprint density at radius 1 is 1.12 bits per heavy atom. The van der Waals surface area contributed by atoms with Gasteiger partial charge in [-0.3, -0.25) is 4.79 Å². The lowest BCUT2D eigenvalue weighted by Crippen LogP contribution is -2.34. The van der Waals surface area contributed by atoms with Gasteiger partial charge in [0.2, 0.25) is 5.91 Å². The van der Waals surface area contributed by atoms with Crippen molar-refractivity contribution in [2.45, 2.75) is 13.0 Å². The molecule has 2 aromatic rings. The Kier molecular flexibility index (Phi) is 5.28. The Morgan fingerprint density at radius 3 is 2.56 bits per heavy atom. The largest absolute Gasteiger partial charge is 0.338 e. The van der Waals surface area contributed by atoms with E-state index in [0.29, 0.717) is 31.7 Å². The smallest absolute Gasteiger partial charge is 0.319 e. The fraction of sp³-hybridized carbons (Fsp3) is 0.263. The topological polar surface area (TPSA) is 61.4 Å². The summed E-state index contributed by atoms with van der Waals surface area (Å²) in [5.74, 6) is -0.154. The highest BCUT2D eigenvalue weighted by Crippen LogP contribution is 2.19.